The van der Waals surface area contributed by atoms with Crippen LogP contribution in [0.5, 0.6) is 0 Å². The van der Waals surface area contributed by atoms with E-state index in [1.165, 1.54) is 12.8 Å². The second kappa shape index (κ2) is 3.53. The maximum absolute atomic E-state index is 12.8. The fourth-order valence-electron chi connectivity index (χ4n) is 5.55. The van der Waals surface area contributed by atoms with Gasteiger partial charge in [-0.15, -0.1) is 0 Å². The molecule has 1 aromatic carbocycles. The highest BCUT2D eigenvalue weighted by molar-refractivity contribution is 6.44. The van der Waals surface area contributed by atoms with Crippen molar-refractivity contribution in [1.29, 1.82) is 0 Å². The van der Waals surface area contributed by atoms with Crippen LogP contribution in [0.4, 0.5) is 5.69 Å². The average molecular weight is 310 g/mol. The highest BCUT2D eigenvalue weighted by atomic mass is 35.5. The second-order valence-electron chi connectivity index (χ2n) is 7.04. The number of nitrogens with one attached hydrogen (secondary N) is 1. The number of hydrogen-bond acceptors (Lipinski definition) is 1. The smallest absolute Gasteiger partial charge is 0.231 e. The molecule has 4 atom stereocenters. The van der Waals surface area contributed by atoms with Crippen LogP contribution in [0.1, 0.15) is 33.1 Å². The topological polar surface area (TPSA) is 29.1 Å². The van der Waals surface area contributed by atoms with Crippen LogP contribution >= 0.6 is 23.2 Å². The lowest BCUT2D eigenvalue weighted by atomic mass is 9.21. The third kappa shape index (κ3) is 1.07. The number of carbonyl (C=O) groups excluding carboxylic acids is 1. The van der Waals surface area contributed by atoms with Crippen LogP contribution in [0.2, 0.25) is 10.0 Å². The first kappa shape index (κ1) is 13.0. The van der Waals surface area contributed by atoms with Gasteiger partial charge in [0.15, 0.2) is 0 Å². The van der Waals surface area contributed by atoms with Crippen molar-refractivity contribution in [2.45, 2.75) is 33.1 Å². The summed E-state index contributed by atoms with van der Waals surface area (Å²) in [5.41, 5.74) is 1.04. The molecule has 20 heavy (non-hydrogen) atoms. The summed E-state index contributed by atoms with van der Waals surface area (Å²) in [6.07, 6.45) is 3.37. The number of anilines is 1. The molecule has 6 rings (SSSR count). The summed E-state index contributed by atoms with van der Waals surface area (Å²) in [6.45, 7) is 4.62. The van der Waals surface area contributed by atoms with Crippen molar-refractivity contribution in [2.75, 3.05) is 5.32 Å². The first-order valence-corrected chi connectivity index (χ1v) is 7.88. The van der Waals surface area contributed by atoms with Gasteiger partial charge in [0.25, 0.3) is 0 Å². The SMILES string of the molecule is C[C@]12CC[C@H]3[C@@]1(C)C[C@@]32C(=O)Nc1cccc(Cl)c1Cl. The van der Waals surface area contributed by atoms with Crippen LogP contribution in [0, 0.1) is 22.2 Å². The molecule has 106 valence electrons. The summed E-state index contributed by atoms with van der Waals surface area (Å²) in [5.74, 6) is 0.688. The molecular formula is C16H17Cl2NO. The van der Waals surface area contributed by atoms with E-state index in [4.69, 9.17) is 23.2 Å². The Labute approximate surface area is 128 Å². The van der Waals surface area contributed by atoms with Gasteiger partial charge in [-0.25, -0.2) is 0 Å². The summed E-state index contributed by atoms with van der Waals surface area (Å²) in [6, 6.07) is 5.35. The molecule has 0 heterocycles. The predicted molar refractivity (Wildman–Crippen MR) is 81.1 cm³/mol. The van der Waals surface area contributed by atoms with Crippen LogP contribution in [0.3, 0.4) is 0 Å². The van der Waals surface area contributed by atoms with Gasteiger partial charge in [0.05, 0.1) is 21.1 Å². The first-order valence-electron chi connectivity index (χ1n) is 7.12. The molecular weight excluding hydrogens is 293 g/mol. The Bertz CT molecular complexity index is 645. The van der Waals surface area contributed by atoms with Crippen molar-refractivity contribution in [1.82, 2.24) is 0 Å². The number of hydrogen-bond donors (Lipinski definition) is 1. The van der Waals surface area contributed by atoms with Crippen molar-refractivity contribution in [2.24, 2.45) is 22.2 Å². The Morgan fingerprint density at radius 2 is 2.10 bits per heavy atom. The highest BCUT2D eigenvalue weighted by Crippen LogP contribution is 2.93. The Morgan fingerprint density at radius 1 is 1.35 bits per heavy atom. The van der Waals surface area contributed by atoms with Gasteiger partial charge in [0.1, 0.15) is 0 Å². The summed E-state index contributed by atoms with van der Waals surface area (Å²) >= 11 is 12.2. The Kier molecular flexibility index (Phi) is 2.29. The number of halogens is 2. The maximum Gasteiger partial charge on any atom is 0.231 e. The fraction of sp³-hybridized carbons (Fsp3) is 0.562. The number of amides is 1. The van der Waals surface area contributed by atoms with Crippen molar-refractivity contribution in [3.63, 3.8) is 0 Å². The van der Waals surface area contributed by atoms with E-state index in [0.717, 1.165) is 6.42 Å². The molecule has 4 bridgehead atoms. The van der Waals surface area contributed by atoms with Gasteiger partial charge >= 0.3 is 0 Å². The fourth-order valence-corrected chi connectivity index (χ4v) is 5.90. The van der Waals surface area contributed by atoms with Crippen LogP contribution in [-0.2, 0) is 4.79 Å². The predicted octanol–water partition coefficient (Wildman–Crippen LogP) is 4.76. The van der Waals surface area contributed by atoms with Gasteiger partial charge in [0, 0.05) is 0 Å². The zero-order valence-electron chi connectivity index (χ0n) is 11.6. The zero-order chi connectivity index (χ0) is 14.3. The third-order valence-corrected chi connectivity index (χ3v) is 7.61. The molecule has 5 aliphatic rings. The number of rotatable bonds is 2. The summed E-state index contributed by atoms with van der Waals surface area (Å²) < 4.78 is 0. The van der Waals surface area contributed by atoms with Gasteiger partial charge in [-0.1, -0.05) is 43.1 Å². The van der Waals surface area contributed by atoms with E-state index >= 15 is 0 Å². The van der Waals surface area contributed by atoms with Crippen molar-refractivity contribution in [3.8, 4) is 0 Å². The molecule has 0 unspecified atom stereocenters. The van der Waals surface area contributed by atoms with E-state index in [-0.39, 0.29) is 16.7 Å². The summed E-state index contributed by atoms with van der Waals surface area (Å²) in [4.78, 5) is 12.8. The minimum absolute atomic E-state index is 0.135. The standard InChI is InChI=1S/C16H17Cl2NO/c1-14-8-16(11(14)6-7-15(14,16)2)13(20)19-10-5-3-4-9(17)12(10)18/h3-5,11H,6-8H2,1-2H3,(H,19,20)/t11-,14+,15-,16-/m0/s1. The summed E-state index contributed by atoms with van der Waals surface area (Å²) in [5, 5.41) is 3.92. The van der Waals surface area contributed by atoms with Gasteiger partial charge in [-0.05, 0) is 48.1 Å². The monoisotopic (exact) mass is 309 g/mol. The van der Waals surface area contributed by atoms with E-state index in [1.807, 2.05) is 12.1 Å². The third-order valence-electron chi connectivity index (χ3n) is 6.79. The maximum atomic E-state index is 12.8. The molecule has 4 heteroatoms. The molecule has 1 amide bonds. The van der Waals surface area contributed by atoms with E-state index in [9.17, 15) is 4.79 Å². The van der Waals surface area contributed by atoms with Crippen molar-refractivity contribution >= 4 is 34.8 Å². The summed E-state index contributed by atoms with van der Waals surface area (Å²) in [7, 11) is 0. The Hall–Kier alpha value is -0.730. The molecule has 0 aromatic heterocycles. The minimum Gasteiger partial charge on any atom is -0.324 e. The van der Waals surface area contributed by atoms with E-state index in [1.54, 1.807) is 6.07 Å². The van der Waals surface area contributed by atoms with Crippen LogP contribution in [0.25, 0.3) is 0 Å². The molecule has 2 nitrogen and oxygen atoms in total. The normalized spacial score (nSPS) is 43.7. The number of benzene rings is 1. The lowest BCUT2D eigenvalue weighted by Crippen LogP contribution is -2.81. The first-order chi connectivity index (χ1) is 9.37. The average Bonchev–Trinajstić information content (AvgIpc) is 2.78. The molecule has 0 spiro atoms. The van der Waals surface area contributed by atoms with Gasteiger partial charge in [-0.3, -0.25) is 4.79 Å². The Morgan fingerprint density at radius 3 is 2.70 bits per heavy atom. The minimum atomic E-state index is -0.159. The van der Waals surface area contributed by atoms with E-state index in [2.05, 4.69) is 19.2 Å². The van der Waals surface area contributed by atoms with E-state index in [0.29, 0.717) is 27.1 Å². The molecule has 5 saturated carbocycles. The zero-order valence-corrected chi connectivity index (χ0v) is 13.1. The van der Waals surface area contributed by atoms with Crippen molar-refractivity contribution < 1.29 is 4.79 Å². The van der Waals surface area contributed by atoms with Crippen molar-refractivity contribution in [3.05, 3.63) is 28.2 Å². The van der Waals surface area contributed by atoms with Gasteiger partial charge in [0.2, 0.25) is 5.91 Å². The molecule has 5 aliphatic carbocycles. The quantitative estimate of drug-likeness (QED) is 0.838. The van der Waals surface area contributed by atoms with Gasteiger partial charge in [-0.2, -0.15) is 0 Å². The Balaban J connectivity index is 1.63. The molecule has 1 N–H and O–H groups in total. The second-order valence-corrected chi connectivity index (χ2v) is 7.83. The van der Waals surface area contributed by atoms with Gasteiger partial charge < -0.3 is 5.32 Å². The molecule has 0 saturated heterocycles. The van der Waals surface area contributed by atoms with Crippen LogP contribution in [0.15, 0.2) is 18.2 Å². The highest BCUT2D eigenvalue weighted by Gasteiger charge is 2.91. The molecule has 5 fully saturated rings. The number of fused-ring (bicyclic) bond motifs is 1. The number of carbonyl (C=O) groups is 1. The molecule has 0 radical (unpaired) electrons. The molecule has 0 aliphatic heterocycles. The lowest BCUT2D eigenvalue weighted by Gasteiger charge is -2.81. The lowest BCUT2D eigenvalue weighted by molar-refractivity contribution is -0.326. The van der Waals surface area contributed by atoms with Crippen LogP contribution < -0.4 is 5.32 Å². The molecule has 1 aromatic rings. The van der Waals surface area contributed by atoms with E-state index < -0.39 is 0 Å². The van der Waals surface area contributed by atoms with Crippen LogP contribution in [-0.4, -0.2) is 5.91 Å². The largest absolute Gasteiger partial charge is 0.324 e.